The molecule has 0 aliphatic rings. The molecule has 0 saturated heterocycles. The van der Waals surface area contributed by atoms with Crippen molar-refractivity contribution in [3.63, 3.8) is 0 Å². The third-order valence-electron chi connectivity index (χ3n) is 9.00. The van der Waals surface area contributed by atoms with Gasteiger partial charge in [0.1, 0.15) is 0 Å². The number of likely N-dealkylation sites (N-methyl/N-ethyl adjacent to an activating group) is 1. The normalized spacial score (nSPS) is 12.5. The zero-order valence-electron chi connectivity index (χ0n) is 35.5. The molecule has 0 aromatic heterocycles. The molecule has 3 unspecified atom stereocenters. The number of nitrogens with one attached hydrogen (secondary N) is 5. The first kappa shape index (κ1) is 56.9. The Morgan fingerprint density at radius 1 is 0.656 bits per heavy atom. The Morgan fingerprint density at radius 3 is 1.66 bits per heavy atom. The minimum Gasteiger partial charge on any atom is -0.481 e. The molecule has 64 heavy (non-hydrogen) atoms. The van der Waals surface area contributed by atoms with E-state index in [1.54, 1.807) is 35.1 Å². The molecule has 11 N–H and O–H groups in total. The lowest BCUT2D eigenvalue weighted by molar-refractivity contribution is -0.144. The summed E-state index contributed by atoms with van der Waals surface area (Å²) in [5.41, 5.74) is 1.25. The number of thiocarbonyl (C=S) groups is 1. The number of carboxylic acid groups (broad SMARTS) is 6. The van der Waals surface area contributed by atoms with Crippen molar-refractivity contribution in [3.8, 4) is 0 Å². The SMILES string of the molecule is CNC(CCC(=O)O)C(=O)NC(CCC(=O)NCCSSCCNC(=S)Nc1ccc(CC(CN(CCN(CC(=O)O)CC(=O)O)CC(=O)O)N(CC(=O)O)CC(=O)O)cc1)C(C)=O. The summed E-state index contributed by atoms with van der Waals surface area (Å²) < 4.78 is 0. The van der Waals surface area contributed by atoms with Gasteiger partial charge in [-0.1, -0.05) is 33.7 Å². The van der Waals surface area contributed by atoms with Gasteiger partial charge in [-0.25, -0.2) is 0 Å². The van der Waals surface area contributed by atoms with Crippen LogP contribution in [0.15, 0.2) is 24.3 Å². The highest BCUT2D eigenvalue weighted by Gasteiger charge is 2.28. The van der Waals surface area contributed by atoms with Gasteiger partial charge in [-0.2, -0.15) is 0 Å². The standard InChI is InChI=1S/C38H58N8O15S3/c1-24(47)28(43-37(61)29(39-2)8-10-31(49)50)7-9-30(48)40-11-15-63-64-16-12-41-38(62)42-26-5-3-25(4-6-26)17-27(46(22-35(57)58)23-36(59)60)18-44(19-32(51)52)13-14-45(20-33(53)54)21-34(55)56/h3-6,27-29,39H,7-23H2,1-2H3,(H,40,48)(H,43,61)(H,49,50)(H,51,52)(H,53,54)(H,55,56)(H,57,58)(H,59,60)(H2,41,42,62). The average molecular weight is 963 g/mol. The predicted octanol–water partition coefficient (Wildman–Crippen LogP) is -0.982. The minimum atomic E-state index is -1.32. The summed E-state index contributed by atoms with van der Waals surface area (Å²) in [6.45, 7) is -1.43. The number of ketones is 1. The zero-order chi connectivity index (χ0) is 48.2. The number of hydrogen-bond donors (Lipinski definition) is 11. The van der Waals surface area contributed by atoms with Crippen molar-refractivity contribution >= 4 is 98.0 Å². The molecule has 26 heteroatoms. The van der Waals surface area contributed by atoms with E-state index in [-0.39, 0.29) is 63.4 Å². The fourth-order valence-electron chi connectivity index (χ4n) is 5.99. The number of anilines is 1. The van der Waals surface area contributed by atoms with Crippen molar-refractivity contribution < 1.29 is 73.8 Å². The van der Waals surface area contributed by atoms with Gasteiger partial charge in [0.15, 0.2) is 10.9 Å². The molecule has 0 aliphatic heterocycles. The van der Waals surface area contributed by atoms with Gasteiger partial charge in [0.25, 0.3) is 0 Å². The molecular formula is C38H58N8O15S3. The van der Waals surface area contributed by atoms with Gasteiger partial charge in [-0.15, -0.1) is 0 Å². The zero-order valence-corrected chi connectivity index (χ0v) is 37.9. The number of rotatable bonds is 36. The van der Waals surface area contributed by atoms with E-state index in [4.69, 9.17) is 17.3 Å². The van der Waals surface area contributed by atoms with Crippen molar-refractivity contribution in [2.75, 3.05) is 89.3 Å². The van der Waals surface area contributed by atoms with Gasteiger partial charge in [-0.05, 0) is 63.1 Å². The second kappa shape index (κ2) is 31.7. The lowest BCUT2D eigenvalue weighted by Gasteiger charge is -2.34. The third kappa shape index (κ3) is 27.2. The highest BCUT2D eigenvalue weighted by molar-refractivity contribution is 8.76. The van der Waals surface area contributed by atoms with Crippen molar-refractivity contribution in [2.45, 2.75) is 57.2 Å². The van der Waals surface area contributed by atoms with Crippen molar-refractivity contribution in [1.82, 2.24) is 36.0 Å². The summed E-state index contributed by atoms with van der Waals surface area (Å²) in [6.07, 6.45) is -0.00532. The molecule has 23 nitrogen and oxygen atoms in total. The van der Waals surface area contributed by atoms with Gasteiger partial charge >= 0.3 is 35.8 Å². The van der Waals surface area contributed by atoms with E-state index in [0.29, 0.717) is 41.0 Å². The molecule has 3 atom stereocenters. The highest BCUT2D eigenvalue weighted by Crippen LogP contribution is 2.20. The highest BCUT2D eigenvalue weighted by atomic mass is 33.1. The van der Waals surface area contributed by atoms with Crippen molar-refractivity contribution in [3.05, 3.63) is 29.8 Å². The summed E-state index contributed by atoms with van der Waals surface area (Å²) in [6, 6.07) is 4.27. The molecule has 0 bridgehead atoms. The molecule has 1 rings (SSSR count). The van der Waals surface area contributed by atoms with Gasteiger partial charge in [-0.3, -0.25) is 57.9 Å². The van der Waals surface area contributed by atoms with Crippen LogP contribution in [-0.4, -0.2) is 206 Å². The maximum atomic E-state index is 12.5. The van der Waals surface area contributed by atoms with E-state index in [2.05, 4.69) is 26.6 Å². The minimum absolute atomic E-state index is 0.00149. The monoisotopic (exact) mass is 962 g/mol. The van der Waals surface area contributed by atoms with E-state index >= 15 is 0 Å². The van der Waals surface area contributed by atoms with Crippen LogP contribution in [-0.2, 0) is 49.6 Å². The molecule has 0 saturated carbocycles. The first-order valence-corrected chi connectivity index (χ1v) is 22.7. The van der Waals surface area contributed by atoms with Crippen LogP contribution in [0.4, 0.5) is 5.69 Å². The van der Waals surface area contributed by atoms with Crippen molar-refractivity contribution in [2.24, 2.45) is 0 Å². The van der Waals surface area contributed by atoms with E-state index in [9.17, 15) is 68.7 Å². The Bertz CT molecular complexity index is 1710. The maximum absolute atomic E-state index is 12.5. The number of carboxylic acids is 6. The molecule has 0 fully saturated rings. The topological polar surface area (TPSA) is 345 Å². The number of hydrogen-bond acceptors (Lipinski definition) is 16. The summed E-state index contributed by atoms with van der Waals surface area (Å²) in [5, 5.41) is 70.5. The van der Waals surface area contributed by atoms with Gasteiger partial charge < -0.3 is 57.2 Å². The molecule has 1 aromatic rings. The molecule has 0 spiro atoms. The predicted molar refractivity (Wildman–Crippen MR) is 240 cm³/mol. The van der Waals surface area contributed by atoms with Crippen LogP contribution in [0.3, 0.4) is 0 Å². The fraction of sp³-hybridized carbons (Fsp3) is 0.579. The number of amides is 2. The second-order valence-electron chi connectivity index (χ2n) is 14.2. The molecule has 0 radical (unpaired) electrons. The van der Waals surface area contributed by atoms with E-state index in [1.165, 1.54) is 34.6 Å². The van der Waals surface area contributed by atoms with Crippen molar-refractivity contribution in [1.29, 1.82) is 0 Å². The van der Waals surface area contributed by atoms with E-state index < -0.39 is 92.6 Å². The molecule has 0 heterocycles. The Kier molecular flexibility index (Phi) is 28.2. The number of carbonyl (C=O) groups excluding carboxylic acids is 3. The third-order valence-corrected chi connectivity index (χ3v) is 11.6. The van der Waals surface area contributed by atoms with Crippen LogP contribution < -0.4 is 26.6 Å². The second-order valence-corrected chi connectivity index (χ2v) is 17.3. The van der Waals surface area contributed by atoms with E-state index in [0.717, 1.165) is 4.90 Å². The summed E-state index contributed by atoms with van der Waals surface area (Å²) in [7, 11) is 4.58. The lowest BCUT2D eigenvalue weighted by atomic mass is 10.0. The van der Waals surface area contributed by atoms with Crippen LogP contribution in [0.5, 0.6) is 0 Å². The molecule has 1 aromatic carbocycles. The van der Waals surface area contributed by atoms with Crippen LogP contribution >= 0.6 is 33.8 Å². The van der Waals surface area contributed by atoms with Crippen LogP contribution in [0, 0.1) is 0 Å². The Hall–Kier alpha value is -5.12. The number of aliphatic carboxylic acids is 6. The molecule has 2 amide bonds. The largest absolute Gasteiger partial charge is 0.481 e. The average Bonchev–Trinajstić information content (AvgIpc) is 3.18. The number of Topliss-reactive ketones (excluding diaryl/α,β-unsaturated/α-hetero) is 1. The first-order valence-electron chi connectivity index (χ1n) is 19.8. The van der Waals surface area contributed by atoms with Crippen LogP contribution in [0.1, 0.15) is 38.2 Å². The van der Waals surface area contributed by atoms with Crippen LogP contribution in [0.2, 0.25) is 0 Å². The molecule has 0 aliphatic carbocycles. The summed E-state index contributed by atoms with van der Waals surface area (Å²) in [4.78, 5) is 109. The smallest absolute Gasteiger partial charge is 0.317 e. The molecular weight excluding hydrogens is 905 g/mol. The van der Waals surface area contributed by atoms with Gasteiger partial charge in [0.2, 0.25) is 11.8 Å². The fourth-order valence-corrected chi connectivity index (χ4v) is 8.02. The van der Waals surface area contributed by atoms with Gasteiger partial charge in [0.05, 0.1) is 44.8 Å². The quantitative estimate of drug-likeness (QED) is 0.0219. The summed E-state index contributed by atoms with van der Waals surface area (Å²) in [5.74, 6) is -7.42. The molecule has 358 valence electrons. The number of nitrogens with zero attached hydrogens (tertiary/aromatic N) is 3. The Labute approximate surface area is 382 Å². The number of carbonyl (C=O) groups is 9. The summed E-state index contributed by atoms with van der Waals surface area (Å²) >= 11 is 5.40. The maximum Gasteiger partial charge on any atom is 0.317 e. The number of benzene rings is 1. The van der Waals surface area contributed by atoms with E-state index in [1.807, 2.05) is 0 Å². The van der Waals surface area contributed by atoms with Gasteiger partial charge in [0, 0.05) is 68.8 Å². The Balaban J connectivity index is 2.68. The Morgan fingerprint density at radius 2 is 1.16 bits per heavy atom. The first-order chi connectivity index (χ1) is 30.2. The van der Waals surface area contributed by atoms with Crippen LogP contribution in [0.25, 0.3) is 0 Å². The lowest BCUT2D eigenvalue weighted by Crippen LogP contribution is -2.51.